The summed E-state index contributed by atoms with van der Waals surface area (Å²) in [6.45, 7) is 5.13. The van der Waals surface area contributed by atoms with Crippen molar-refractivity contribution in [3.8, 4) is 0 Å². The molecule has 0 aliphatic heterocycles. The summed E-state index contributed by atoms with van der Waals surface area (Å²) < 4.78 is 44.6. The zero-order chi connectivity index (χ0) is 17.0. The van der Waals surface area contributed by atoms with E-state index in [0.29, 0.717) is 0 Å². The van der Waals surface area contributed by atoms with Crippen molar-refractivity contribution >= 4 is 20.1 Å². The second kappa shape index (κ2) is 11.2. The fourth-order valence-corrected chi connectivity index (χ4v) is 2.03. The highest BCUT2D eigenvalue weighted by Gasteiger charge is 2.30. The van der Waals surface area contributed by atoms with Crippen LogP contribution < -0.4 is 0 Å². The van der Waals surface area contributed by atoms with Gasteiger partial charge in [0.05, 0.1) is 19.3 Å². The van der Waals surface area contributed by atoms with Gasteiger partial charge in [0.15, 0.2) is 0 Å². The van der Waals surface area contributed by atoms with Crippen molar-refractivity contribution in [3.05, 3.63) is 0 Å². The summed E-state index contributed by atoms with van der Waals surface area (Å²) in [7, 11) is -4.09. The average molecular weight is 344 g/mol. The van der Waals surface area contributed by atoms with Crippen molar-refractivity contribution in [2.75, 3.05) is 26.8 Å². The van der Waals surface area contributed by atoms with Crippen LogP contribution in [0.5, 0.6) is 0 Å². The molecule has 130 valence electrons. The fraction of sp³-hybridized carbons (Fsp3) is 0.818. The van der Waals surface area contributed by atoms with Crippen LogP contribution in [-0.2, 0) is 37.1 Å². The lowest BCUT2D eigenvalue weighted by Gasteiger charge is -2.19. The zero-order valence-electron chi connectivity index (χ0n) is 12.9. The number of rotatable bonds is 10. The normalized spacial score (nSPS) is 11.1. The highest BCUT2D eigenvalue weighted by atomic mass is 31.2. The lowest BCUT2D eigenvalue weighted by molar-refractivity contribution is -0.0409. The standard InChI is InChI=1S/C11H21O10P/c1-5-15-10(12)17-7-19-22(14,21-9(3)4)20-8-18-11(13)16-6-2/h9H,5-8H2,1-4H3. The summed E-state index contributed by atoms with van der Waals surface area (Å²) in [4.78, 5) is 21.9. The minimum Gasteiger partial charge on any atom is -0.435 e. The largest absolute Gasteiger partial charge is 0.510 e. The first-order valence-electron chi connectivity index (χ1n) is 6.49. The first-order chi connectivity index (χ1) is 10.3. The number of carbonyl (C=O) groups is 2. The van der Waals surface area contributed by atoms with Crippen molar-refractivity contribution in [3.63, 3.8) is 0 Å². The summed E-state index contributed by atoms with van der Waals surface area (Å²) in [5, 5.41) is 0. The van der Waals surface area contributed by atoms with Gasteiger partial charge in [-0.2, -0.15) is 0 Å². The van der Waals surface area contributed by atoms with E-state index in [1.807, 2.05) is 0 Å². The fourth-order valence-electron chi connectivity index (χ4n) is 0.953. The molecule has 0 aromatic rings. The Kier molecular flexibility index (Phi) is 10.6. The Balaban J connectivity index is 4.30. The molecule has 0 aromatic carbocycles. The van der Waals surface area contributed by atoms with Crippen molar-refractivity contribution in [1.29, 1.82) is 0 Å². The Labute approximate surface area is 128 Å². The van der Waals surface area contributed by atoms with E-state index >= 15 is 0 Å². The van der Waals surface area contributed by atoms with Gasteiger partial charge >= 0.3 is 20.1 Å². The first-order valence-corrected chi connectivity index (χ1v) is 7.95. The Morgan fingerprint density at radius 3 is 1.59 bits per heavy atom. The van der Waals surface area contributed by atoms with E-state index in [0.717, 1.165) is 0 Å². The summed E-state index contributed by atoms with van der Waals surface area (Å²) in [6, 6.07) is 0. The third kappa shape index (κ3) is 10.4. The van der Waals surface area contributed by atoms with Crippen LogP contribution in [0.1, 0.15) is 27.7 Å². The maximum absolute atomic E-state index is 12.2. The zero-order valence-corrected chi connectivity index (χ0v) is 13.8. The molecule has 22 heavy (non-hydrogen) atoms. The predicted molar refractivity (Wildman–Crippen MR) is 71.9 cm³/mol. The van der Waals surface area contributed by atoms with E-state index in [-0.39, 0.29) is 13.2 Å². The summed E-state index contributed by atoms with van der Waals surface area (Å²) >= 11 is 0. The maximum Gasteiger partial charge on any atom is 0.510 e. The van der Waals surface area contributed by atoms with Crippen molar-refractivity contribution in [2.24, 2.45) is 0 Å². The predicted octanol–water partition coefficient (Wildman–Crippen LogP) is 2.81. The van der Waals surface area contributed by atoms with E-state index in [2.05, 4.69) is 18.9 Å². The topological polar surface area (TPSA) is 116 Å². The van der Waals surface area contributed by atoms with E-state index < -0.39 is 39.8 Å². The number of hydrogen-bond acceptors (Lipinski definition) is 10. The summed E-state index contributed by atoms with van der Waals surface area (Å²) in [5.74, 6) is 0. The Hall–Kier alpha value is -1.35. The highest BCUT2D eigenvalue weighted by Crippen LogP contribution is 2.50. The number of ether oxygens (including phenoxy) is 4. The molecule has 0 heterocycles. The van der Waals surface area contributed by atoms with Gasteiger partial charge < -0.3 is 18.9 Å². The molecule has 0 unspecified atom stereocenters. The van der Waals surface area contributed by atoms with Crippen LogP contribution >= 0.6 is 7.82 Å². The number of hydrogen-bond donors (Lipinski definition) is 0. The van der Waals surface area contributed by atoms with E-state index in [1.165, 1.54) is 0 Å². The second-order valence-corrected chi connectivity index (χ2v) is 5.37. The van der Waals surface area contributed by atoms with Gasteiger partial charge in [0.25, 0.3) is 0 Å². The van der Waals surface area contributed by atoms with Gasteiger partial charge in [-0.25, -0.2) is 23.2 Å². The lowest BCUT2D eigenvalue weighted by Crippen LogP contribution is -2.14. The molecular formula is C11H21O10P. The number of phosphoric ester groups is 1. The third-order valence-corrected chi connectivity index (χ3v) is 3.16. The van der Waals surface area contributed by atoms with Gasteiger partial charge in [-0.3, -0.25) is 4.52 Å². The first kappa shape index (κ1) is 20.6. The molecule has 0 N–H and O–H groups in total. The minimum atomic E-state index is -4.09. The van der Waals surface area contributed by atoms with Gasteiger partial charge in [0, 0.05) is 0 Å². The number of carbonyl (C=O) groups excluding carboxylic acids is 2. The van der Waals surface area contributed by atoms with Crippen molar-refractivity contribution < 1.29 is 46.7 Å². The Morgan fingerprint density at radius 2 is 1.27 bits per heavy atom. The van der Waals surface area contributed by atoms with Gasteiger partial charge in [-0.15, -0.1) is 0 Å². The quantitative estimate of drug-likeness (QED) is 0.333. The van der Waals surface area contributed by atoms with Crippen LogP contribution in [0.4, 0.5) is 9.59 Å². The molecule has 0 rings (SSSR count). The molecule has 0 amide bonds. The molecule has 0 aromatic heterocycles. The van der Waals surface area contributed by atoms with Crippen molar-refractivity contribution in [2.45, 2.75) is 33.8 Å². The summed E-state index contributed by atoms with van der Waals surface area (Å²) in [5.41, 5.74) is 0. The molecule has 0 atom stereocenters. The SMILES string of the molecule is CCOC(=O)OCOP(=O)(OCOC(=O)OCC)OC(C)C. The molecular weight excluding hydrogens is 323 g/mol. The van der Waals surface area contributed by atoms with E-state index in [4.69, 9.17) is 13.6 Å². The number of phosphoric acid groups is 1. The second-order valence-electron chi connectivity index (χ2n) is 3.75. The van der Waals surface area contributed by atoms with Crippen LogP contribution in [-0.4, -0.2) is 45.2 Å². The molecule has 0 bridgehead atoms. The smallest absolute Gasteiger partial charge is 0.435 e. The van der Waals surface area contributed by atoms with Crippen LogP contribution in [0.3, 0.4) is 0 Å². The molecule has 0 saturated heterocycles. The molecule has 0 spiro atoms. The molecule has 0 radical (unpaired) electrons. The van der Waals surface area contributed by atoms with E-state index in [9.17, 15) is 14.2 Å². The monoisotopic (exact) mass is 344 g/mol. The van der Waals surface area contributed by atoms with Gasteiger partial charge in [0.1, 0.15) is 0 Å². The third-order valence-electron chi connectivity index (χ3n) is 1.64. The molecule has 10 nitrogen and oxygen atoms in total. The van der Waals surface area contributed by atoms with Crippen molar-refractivity contribution in [1.82, 2.24) is 0 Å². The molecule has 0 aliphatic carbocycles. The summed E-state index contributed by atoms with van der Waals surface area (Å²) in [6.07, 6.45) is -2.52. The van der Waals surface area contributed by atoms with Gasteiger partial charge in [0.2, 0.25) is 13.6 Å². The average Bonchev–Trinajstić information content (AvgIpc) is 2.38. The highest BCUT2D eigenvalue weighted by molar-refractivity contribution is 7.48. The minimum absolute atomic E-state index is 0.114. The van der Waals surface area contributed by atoms with Crippen LogP contribution in [0.25, 0.3) is 0 Å². The Morgan fingerprint density at radius 1 is 0.864 bits per heavy atom. The van der Waals surface area contributed by atoms with Gasteiger partial charge in [-0.05, 0) is 27.7 Å². The Bertz CT molecular complexity index is 355. The molecule has 0 fully saturated rings. The molecule has 11 heteroatoms. The lowest BCUT2D eigenvalue weighted by atomic mass is 10.5. The van der Waals surface area contributed by atoms with Crippen LogP contribution in [0, 0.1) is 0 Å². The maximum atomic E-state index is 12.2. The van der Waals surface area contributed by atoms with Crippen LogP contribution in [0.2, 0.25) is 0 Å². The molecule has 0 saturated carbocycles. The van der Waals surface area contributed by atoms with Crippen LogP contribution in [0.15, 0.2) is 0 Å². The van der Waals surface area contributed by atoms with Gasteiger partial charge in [-0.1, -0.05) is 0 Å². The van der Waals surface area contributed by atoms with E-state index in [1.54, 1.807) is 27.7 Å². The molecule has 0 aliphatic rings.